The monoisotopic (exact) mass is 415 g/mol. The van der Waals surface area contributed by atoms with E-state index in [0.717, 1.165) is 27.4 Å². The van der Waals surface area contributed by atoms with Crippen molar-refractivity contribution in [3.63, 3.8) is 0 Å². The van der Waals surface area contributed by atoms with Crippen LogP contribution in [0.5, 0.6) is 23.0 Å². The van der Waals surface area contributed by atoms with Gasteiger partial charge in [-0.15, -0.1) is 0 Å². The highest BCUT2D eigenvalue weighted by molar-refractivity contribution is 6.00. The molecule has 0 spiro atoms. The largest absolute Gasteiger partial charge is 1.00 e. The minimum atomic E-state index is 0. The number of hydrogen-bond acceptors (Lipinski definition) is 4. The van der Waals surface area contributed by atoms with Gasteiger partial charge in [-0.3, -0.25) is 0 Å². The molecule has 0 aliphatic rings. The van der Waals surface area contributed by atoms with Crippen LogP contribution in [0.3, 0.4) is 0 Å². The first-order chi connectivity index (χ1) is 12.0. The second kappa shape index (κ2) is 6.53. The topological polar surface area (TPSA) is 63.0 Å². The summed E-state index contributed by atoms with van der Waals surface area (Å²) in [6.45, 7) is 1.99. The number of methoxy groups -OCH3 is 2. The van der Waals surface area contributed by atoms with Crippen LogP contribution in [-0.2, 0) is 0 Å². The third-order valence-corrected chi connectivity index (χ3v) is 4.62. The lowest BCUT2D eigenvalue weighted by Gasteiger charge is -2.09. The maximum absolute atomic E-state index is 10.4. The smallest absolute Gasteiger partial charge is 0.219 e. The zero-order valence-corrected chi connectivity index (χ0v) is 16.2. The number of phenolic OH excluding ortho intramolecular Hbond substituents is 2. The quantitative estimate of drug-likeness (QED) is 0.284. The van der Waals surface area contributed by atoms with Gasteiger partial charge in [0.1, 0.15) is 0 Å². The number of fused-ring (bicyclic) bond motifs is 4. The molecule has 0 fully saturated rings. The summed E-state index contributed by atoms with van der Waals surface area (Å²) in [6, 6.07) is 11.2. The predicted octanol–water partition coefficient (Wildman–Crippen LogP) is 0.473. The molecule has 0 aliphatic carbocycles. The van der Waals surface area contributed by atoms with E-state index in [1.165, 1.54) is 14.2 Å². The molecule has 6 heteroatoms. The molecule has 0 radical (unpaired) electrons. The Hall–Kier alpha value is -2.73. The summed E-state index contributed by atoms with van der Waals surface area (Å²) in [5.74, 6) is 1.09. The van der Waals surface area contributed by atoms with E-state index in [9.17, 15) is 10.2 Å². The third-order valence-electron chi connectivity index (χ3n) is 4.62. The average Bonchev–Trinajstić information content (AvgIpc) is 2.61. The van der Waals surface area contributed by atoms with Gasteiger partial charge in [-0.05, 0) is 35.0 Å². The number of benzene rings is 2. The number of pyridine rings is 2. The van der Waals surface area contributed by atoms with Crippen LogP contribution in [0.4, 0.5) is 0 Å². The van der Waals surface area contributed by atoms with Crippen LogP contribution in [0, 0.1) is 6.92 Å². The summed E-state index contributed by atoms with van der Waals surface area (Å²) < 4.78 is 12.4. The third kappa shape index (κ3) is 2.57. The van der Waals surface area contributed by atoms with Crippen molar-refractivity contribution in [1.82, 2.24) is 0 Å². The van der Waals surface area contributed by atoms with Gasteiger partial charge in [0.2, 0.25) is 5.52 Å². The first-order valence-electron chi connectivity index (χ1n) is 7.89. The van der Waals surface area contributed by atoms with Gasteiger partial charge in [0.05, 0.1) is 25.0 Å². The first kappa shape index (κ1) is 18.1. The Kier molecular flexibility index (Phi) is 4.54. The summed E-state index contributed by atoms with van der Waals surface area (Å²) >= 11 is 0. The van der Waals surface area contributed by atoms with Crippen LogP contribution < -0.4 is 30.9 Å². The van der Waals surface area contributed by atoms with Crippen molar-refractivity contribution in [2.24, 2.45) is 0 Å². The second-order valence-electron chi connectivity index (χ2n) is 6.05. The van der Waals surface area contributed by atoms with E-state index in [-0.39, 0.29) is 28.5 Å². The Morgan fingerprint density at radius 3 is 2.27 bits per heavy atom. The van der Waals surface area contributed by atoms with Gasteiger partial charge < -0.3 is 36.7 Å². The normalized spacial score (nSPS) is 10.9. The minimum Gasteiger partial charge on any atom is -1.00 e. The van der Waals surface area contributed by atoms with Gasteiger partial charge in [0.15, 0.2) is 34.9 Å². The molecule has 0 unspecified atom stereocenters. The van der Waals surface area contributed by atoms with Crippen molar-refractivity contribution in [2.75, 3.05) is 14.2 Å². The van der Waals surface area contributed by atoms with Crippen LogP contribution in [0.2, 0.25) is 0 Å². The molecule has 2 aromatic carbocycles. The molecule has 0 saturated carbocycles. The highest BCUT2D eigenvalue weighted by atomic mass is 79.9. The number of rotatable bonds is 2. The van der Waals surface area contributed by atoms with Gasteiger partial charge in [-0.1, -0.05) is 0 Å². The highest BCUT2D eigenvalue weighted by Gasteiger charge is 2.18. The van der Waals surface area contributed by atoms with Gasteiger partial charge in [0, 0.05) is 19.1 Å². The molecule has 0 bridgehead atoms. The fraction of sp³-hybridized carbons (Fsp3) is 0.150. The Balaban J connectivity index is 0.00000196. The molecule has 2 heterocycles. The highest BCUT2D eigenvalue weighted by Crippen LogP contribution is 2.36. The molecule has 0 amide bonds. The fourth-order valence-corrected chi connectivity index (χ4v) is 3.33. The van der Waals surface area contributed by atoms with Crippen LogP contribution in [0.15, 0.2) is 42.6 Å². The molecule has 26 heavy (non-hydrogen) atoms. The van der Waals surface area contributed by atoms with Crippen molar-refractivity contribution < 1.29 is 41.1 Å². The molecular formula is C20H18BrNO4. The molecule has 4 rings (SSSR count). The van der Waals surface area contributed by atoms with Crippen molar-refractivity contribution >= 4 is 27.1 Å². The molecule has 134 valence electrons. The lowest BCUT2D eigenvalue weighted by molar-refractivity contribution is -0.516. The van der Waals surface area contributed by atoms with Crippen LogP contribution in [0.1, 0.15) is 5.69 Å². The van der Waals surface area contributed by atoms with E-state index < -0.39 is 0 Å². The SMILES string of the molecule is COc1cc2cc(C)[n+]3cc4c(O)c(OC)ccc4cc3c2cc1O.[Br-]. The maximum atomic E-state index is 10.4. The number of aromatic hydroxyl groups is 2. The van der Waals surface area contributed by atoms with E-state index in [2.05, 4.69) is 0 Å². The number of hydrogen-bond donors (Lipinski definition) is 2. The van der Waals surface area contributed by atoms with Gasteiger partial charge in [0.25, 0.3) is 0 Å². The molecule has 0 aliphatic heterocycles. The number of ether oxygens (including phenoxy) is 2. The zero-order chi connectivity index (χ0) is 17.7. The second-order valence-corrected chi connectivity index (χ2v) is 6.05. The maximum Gasteiger partial charge on any atom is 0.219 e. The molecule has 0 atom stereocenters. The van der Waals surface area contributed by atoms with Gasteiger partial charge >= 0.3 is 0 Å². The Morgan fingerprint density at radius 2 is 1.58 bits per heavy atom. The summed E-state index contributed by atoms with van der Waals surface area (Å²) in [5.41, 5.74) is 1.93. The average molecular weight is 416 g/mol. The van der Waals surface area contributed by atoms with Gasteiger partial charge in [-0.2, -0.15) is 4.40 Å². The van der Waals surface area contributed by atoms with Crippen molar-refractivity contribution in [3.8, 4) is 23.0 Å². The van der Waals surface area contributed by atoms with Crippen molar-refractivity contribution in [2.45, 2.75) is 6.92 Å². The minimum absolute atomic E-state index is 0. The number of phenols is 2. The molecule has 2 aromatic heterocycles. The number of aromatic nitrogens is 1. The van der Waals surface area contributed by atoms with E-state index in [0.29, 0.717) is 16.9 Å². The van der Waals surface area contributed by atoms with Crippen molar-refractivity contribution in [1.29, 1.82) is 0 Å². The Labute approximate surface area is 160 Å². The molecular weight excluding hydrogens is 398 g/mol. The van der Waals surface area contributed by atoms with E-state index in [4.69, 9.17) is 9.47 Å². The fourth-order valence-electron chi connectivity index (χ4n) is 3.33. The molecule has 4 aromatic rings. The standard InChI is InChI=1S/C20H17NO4.BrH/c1-11-6-13-8-19(25-3)17(22)9-14(13)16-7-12-4-5-18(24-2)20(23)15(12)10-21(11)16;/h4-10,22H,1-3H3;1H. The molecule has 5 nitrogen and oxygen atoms in total. The van der Waals surface area contributed by atoms with E-state index in [1.54, 1.807) is 12.1 Å². The summed E-state index contributed by atoms with van der Waals surface area (Å²) in [5, 5.41) is 24.1. The number of halogens is 1. The number of aryl methyl sites for hydroxylation is 1. The molecule has 0 saturated heterocycles. The van der Waals surface area contributed by atoms with E-state index in [1.807, 2.05) is 41.8 Å². The lowest BCUT2D eigenvalue weighted by atomic mass is 10.0. The van der Waals surface area contributed by atoms with E-state index >= 15 is 0 Å². The lowest BCUT2D eigenvalue weighted by Crippen LogP contribution is -3.00. The van der Waals surface area contributed by atoms with Crippen LogP contribution in [-0.4, -0.2) is 24.4 Å². The Bertz CT molecular complexity index is 1160. The number of nitrogens with zero attached hydrogens (tertiary/aromatic N) is 1. The van der Waals surface area contributed by atoms with Gasteiger partial charge in [-0.25, -0.2) is 0 Å². The summed E-state index contributed by atoms with van der Waals surface area (Å²) in [4.78, 5) is 0. The first-order valence-corrected chi connectivity index (χ1v) is 7.89. The summed E-state index contributed by atoms with van der Waals surface area (Å²) in [6.07, 6.45) is 1.89. The van der Waals surface area contributed by atoms with Crippen LogP contribution in [0.25, 0.3) is 27.1 Å². The zero-order valence-electron chi connectivity index (χ0n) is 14.6. The Morgan fingerprint density at radius 1 is 0.846 bits per heavy atom. The molecule has 2 N–H and O–H groups in total. The van der Waals surface area contributed by atoms with Crippen molar-refractivity contribution in [3.05, 3.63) is 48.3 Å². The predicted molar refractivity (Wildman–Crippen MR) is 95.8 cm³/mol. The van der Waals surface area contributed by atoms with Crippen LogP contribution >= 0.6 is 0 Å². The summed E-state index contributed by atoms with van der Waals surface area (Å²) in [7, 11) is 3.07.